The summed E-state index contributed by atoms with van der Waals surface area (Å²) in [6, 6.07) is 0. The molecular formula is C15H25N3O3S. The molecule has 1 aromatic heterocycles. The molecule has 7 heteroatoms. The van der Waals surface area contributed by atoms with E-state index in [-0.39, 0.29) is 28.3 Å². The van der Waals surface area contributed by atoms with Crippen LogP contribution in [-0.2, 0) is 11.2 Å². The minimum atomic E-state index is -0.324. The van der Waals surface area contributed by atoms with Crippen LogP contribution in [0.4, 0.5) is 0 Å². The number of thioether (sulfide) groups is 1. The van der Waals surface area contributed by atoms with E-state index in [9.17, 15) is 14.7 Å². The summed E-state index contributed by atoms with van der Waals surface area (Å²) in [5, 5.41) is 10.1. The highest BCUT2D eigenvalue weighted by molar-refractivity contribution is 7.99. The van der Waals surface area contributed by atoms with E-state index in [2.05, 4.69) is 16.9 Å². The number of H-pyrrole nitrogens is 1. The second-order valence-electron chi connectivity index (χ2n) is 5.23. The van der Waals surface area contributed by atoms with Gasteiger partial charge in [-0.15, -0.1) is 0 Å². The average Bonchev–Trinajstić information content (AvgIpc) is 2.49. The number of hydrogen-bond acceptors (Lipinski definition) is 5. The highest BCUT2D eigenvalue weighted by atomic mass is 32.2. The van der Waals surface area contributed by atoms with Gasteiger partial charge in [-0.3, -0.25) is 9.59 Å². The van der Waals surface area contributed by atoms with Gasteiger partial charge in [0.15, 0.2) is 5.16 Å². The molecule has 2 N–H and O–H groups in total. The maximum Gasteiger partial charge on any atom is 0.258 e. The standard InChI is InChI=1S/C15H25N3O3S/c1-4-6-8-11-13(20)16-15(17-14(11)21)22-10-12(19)18(3)9-7-5-2/h4-10H2,1-3H3,(H2,16,17,20,21). The lowest BCUT2D eigenvalue weighted by Crippen LogP contribution is -2.29. The fourth-order valence-corrected chi connectivity index (χ4v) is 2.67. The number of rotatable bonds is 9. The quantitative estimate of drug-likeness (QED) is 0.536. The molecule has 6 nitrogen and oxygen atoms in total. The van der Waals surface area contributed by atoms with Crippen molar-refractivity contribution in [1.29, 1.82) is 0 Å². The van der Waals surface area contributed by atoms with Crippen molar-refractivity contribution in [2.75, 3.05) is 19.3 Å². The Kier molecular flexibility index (Phi) is 8.01. The molecule has 22 heavy (non-hydrogen) atoms. The number of hydrogen-bond donors (Lipinski definition) is 2. The third kappa shape index (κ3) is 5.71. The highest BCUT2D eigenvalue weighted by Crippen LogP contribution is 2.18. The van der Waals surface area contributed by atoms with Crippen LogP contribution in [0, 0.1) is 0 Å². The van der Waals surface area contributed by atoms with Crippen molar-refractivity contribution in [2.24, 2.45) is 0 Å². The first-order valence-electron chi connectivity index (χ1n) is 7.68. The zero-order chi connectivity index (χ0) is 16.5. The minimum absolute atomic E-state index is 0.0179. The van der Waals surface area contributed by atoms with E-state index in [0.717, 1.165) is 44.0 Å². The van der Waals surface area contributed by atoms with E-state index in [1.54, 1.807) is 11.9 Å². The summed E-state index contributed by atoms with van der Waals surface area (Å²) in [4.78, 5) is 32.1. The predicted octanol–water partition coefficient (Wildman–Crippen LogP) is 2.17. The number of aromatic hydroxyl groups is 1. The Morgan fingerprint density at radius 3 is 2.59 bits per heavy atom. The Balaban J connectivity index is 2.63. The monoisotopic (exact) mass is 327 g/mol. The van der Waals surface area contributed by atoms with E-state index in [1.807, 2.05) is 6.92 Å². The number of amides is 1. The van der Waals surface area contributed by atoms with Gasteiger partial charge >= 0.3 is 0 Å². The van der Waals surface area contributed by atoms with Gasteiger partial charge in [-0.25, -0.2) is 0 Å². The van der Waals surface area contributed by atoms with Crippen LogP contribution in [0.3, 0.4) is 0 Å². The first-order valence-corrected chi connectivity index (χ1v) is 8.67. The molecule has 1 aromatic rings. The maximum absolute atomic E-state index is 11.9. The summed E-state index contributed by atoms with van der Waals surface area (Å²) in [5.41, 5.74) is -0.00664. The first-order chi connectivity index (χ1) is 10.5. The molecule has 0 atom stereocenters. The zero-order valence-electron chi connectivity index (χ0n) is 13.5. The largest absolute Gasteiger partial charge is 0.493 e. The van der Waals surface area contributed by atoms with Crippen molar-refractivity contribution in [2.45, 2.75) is 51.1 Å². The lowest BCUT2D eigenvalue weighted by atomic mass is 10.1. The average molecular weight is 327 g/mol. The molecule has 0 aliphatic carbocycles. The molecule has 1 rings (SSSR count). The zero-order valence-corrected chi connectivity index (χ0v) is 14.3. The van der Waals surface area contributed by atoms with E-state index >= 15 is 0 Å². The van der Waals surface area contributed by atoms with Gasteiger partial charge in [0, 0.05) is 13.6 Å². The lowest BCUT2D eigenvalue weighted by molar-refractivity contribution is -0.127. The van der Waals surface area contributed by atoms with Crippen molar-refractivity contribution >= 4 is 17.7 Å². The van der Waals surface area contributed by atoms with Gasteiger partial charge in [0.25, 0.3) is 5.56 Å². The van der Waals surface area contributed by atoms with E-state index in [1.165, 1.54) is 0 Å². The smallest absolute Gasteiger partial charge is 0.258 e. The Morgan fingerprint density at radius 1 is 1.32 bits per heavy atom. The normalized spacial score (nSPS) is 10.7. The summed E-state index contributed by atoms with van der Waals surface area (Å²) in [6.45, 7) is 4.81. The van der Waals surface area contributed by atoms with E-state index in [0.29, 0.717) is 12.0 Å². The Hall–Kier alpha value is -1.50. The fraction of sp³-hybridized carbons (Fsp3) is 0.667. The van der Waals surface area contributed by atoms with Crippen LogP contribution in [-0.4, -0.2) is 45.2 Å². The maximum atomic E-state index is 11.9. The summed E-state index contributed by atoms with van der Waals surface area (Å²) in [7, 11) is 1.76. The molecule has 1 heterocycles. The fourth-order valence-electron chi connectivity index (χ4n) is 1.87. The van der Waals surface area contributed by atoms with Gasteiger partial charge in [0.2, 0.25) is 11.8 Å². The van der Waals surface area contributed by atoms with Gasteiger partial charge in [-0.05, 0) is 19.3 Å². The molecule has 0 saturated heterocycles. The third-order valence-electron chi connectivity index (χ3n) is 3.36. The predicted molar refractivity (Wildman–Crippen MR) is 88.4 cm³/mol. The van der Waals surface area contributed by atoms with E-state index in [4.69, 9.17) is 0 Å². The number of aromatic amines is 1. The second-order valence-corrected chi connectivity index (χ2v) is 6.20. The molecule has 124 valence electrons. The number of unbranched alkanes of at least 4 members (excludes halogenated alkanes) is 2. The van der Waals surface area contributed by atoms with Crippen molar-refractivity contribution < 1.29 is 9.90 Å². The Labute approximate surface area is 135 Å². The highest BCUT2D eigenvalue weighted by Gasteiger charge is 2.13. The van der Waals surface area contributed by atoms with Gasteiger partial charge in [-0.2, -0.15) is 4.98 Å². The van der Waals surface area contributed by atoms with Crippen molar-refractivity contribution in [1.82, 2.24) is 14.9 Å². The molecule has 0 bridgehead atoms. The van der Waals surface area contributed by atoms with Crippen LogP contribution in [0.25, 0.3) is 0 Å². The Bertz CT molecular complexity index is 545. The van der Waals surface area contributed by atoms with Crippen LogP contribution in [0.1, 0.15) is 45.1 Å². The van der Waals surface area contributed by atoms with Crippen LogP contribution in [0.15, 0.2) is 9.95 Å². The first kappa shape index (κ1) is 18.5. The van der Waals surface area contributed by atoms with Crippen LogP contribution in [0.2, 0.25) is 0 Å². The summed E-state index contributed by atoms with van der Waals surface area (Å²) < 4.78 is 0. The van der Waals surface area contributed by atoms with Crippen molar-refractivity contribution in [3.8, 4) is 5.88 Å². The number of nitrogens with zero attached hydrogens (tertiary/aromatic N) is 2. The van der Waals surface area contributed by atoms with Gasteiger partial charge < -0.3 is 15.0 Å². The SMILES string of the molecule is CCCCc1c(O)nc(SCC(=O)N(C)CCCC)[nH]c1=O. The molecule has 1 amide bonds. The van der Waals surface area contributed by atoms with E-state index < -0.39 is 0 Å². The second kappa shape index (κ2) is 9.50. The molecule has 0 aliphatic heterocycles. The Morgan fingerprint density at radius 2 is 2.00 bits per heavy atom. The molecule has 0 spiro atoms. The minimum Gasteiger partial charge on any atom is -0.493 e. The third-order valence-corrected chi connectivity index (χ3v) is 4.22. The van der Waals surface area contributed by atoms with Crippen molar-refractivity contribution in [3.63, 3.8) is 0 Å². The van der Waals surface area contributed by atoms with Crippen molar-refractivity contribution in [3.05, 3.63) is 15.9 Å². The summed E-state index contributed by atoms with van der Waals surface area (Å²) in [6.07, 6.45) is 4.27. The van der Waals surface area contributed by atoms with Crippen LogP contribution in [0.5, 0.6) is 5.88 Å². The summed E-state index contributed by atoms with van der Waals surface area (Å²) in [5.74, 6) is -0.0567. The summed E-state index contributed by atoms with van der Waals surface area (Å²) >= 11 is 1.13. The number of aromatic nitrogens is 2. The topological polar surface area (TPSA) is 86.3 Å². The van der Waals surface area contributed by atoms with Gasteiger partial charge in [0.05, 0.1) is 11.3 Å². The molecule has 0 aromatic carbocycles. The molecule has 0 radical (unpaired) electrons. The van der Waals surface area contributed by atoms with Crippen LogP contribution >= 0.6 is 11.8 Å². The molecule has 0 unspecified atom stereocenters. The lowest BCUT2D eigenvalue weighted by Gasteiger charge is -2.16. The number of carbonyl (C=O) groups is 1. The number of carbonyl (C=O) groups excluding carboxylic acids is 1. The molecular weight excluding hydrogens is 302 g/mol. The molecule has 0 fully saturated rings. The molecule has 0 saturated carbocycles. The molecule has 0 aliphatic rings. The number of nitrogens with one attached hydrogen (secondary N) is 1. The van der Waals surface area contributed by atoms with Crippen LogP contribution < -0.4 is 5.56 Å². The van der Waals surface area contributed by atoms with Gasteiger partial charge in [0.1, 0.15) is 0 Å². The van der Waals surface area contributed by atoms with Gasteiger partial charge in [-0.1, -0.05) is 38.5 Å².